The third-order valence-electron chi connectivity index (χ3n) is 6.66. The summed E-state index contributed by atoms with van der Waals surface area (Å²) in [7, 11) is 0. The molecule has 0 amide bonds. The Morgan fingerprint density at radius 2 is 1.75 bits per heavy atom. The van der Waals surface area contributed by atoms with Crippen molar-refractivity contribution in [3.8, 4) is 5.75 Å². The summed E-state index contributed by atoms with van der Waals surface area (Å²) in [6.45, 7) is 10.1. The zero-order valence-corrected chi connectivity index (χ0v) is 22.3. The highest BCUT2D eigenvalue weighted by molar-refractivity contribution is 6.30. The molecule has 190 valence electrons. The molecule has 0 fully saturated rings. The van der Waals surface area contributed by atoms with E-state index in [0.717, 1.165) is 16.8 Å². The van der Waals surface area contributed by atoms with Crippen molar-refractivity contribution in [3.05, 3.63) is 76.0 Å². The van der Waals surface area contributed by atoms with Crippen LogP contribution in [-0.2, 0) is 14.3 Å². The van der Waals surface area contributed by atoms with Gasteiger partial charge in [0, 0.05) is 39.9 Å². The first-order chi connectivity index (χ1) is 17.2. The third-order valence-corrected chi connectivity index (χ3v) is 6.91. The lowest BCUT2D eigenvalue weighted by Gasteiger charge is -2.37. The van der Waals surface area contributed by atoms with Crippen molar-refractivity contribution in [2.45, 2.75) is 65.4 Å². The number of aliphatic imine (C=N–C) groups is 1. The number of esters is 1. The van der Waals surface area contributed by atoms with Crippen molar-refractivity contribution < 1.29 is 19.1 Å². The Balaban J connectivity index is 1.80. The fraction of sp³-hybridized carbons (Fsp3) is 0.433. The van der Waals surface area contributed by atoms with E-state index in [1.807, 2.05) is 83.1 Å². The van der Waals surface area contributed by atoms with E-state index in [9.17, 15) is 9.59 Å². The number of ketones is 1. The fourth-order valence-corrected chi connectivity index (χ4v) is 5.23. The zero-order valence-electron chi connectivity index (χ0n) is 21.6. The second-order valence-corrected chi connectivity index (χ2v) is 10.8. The normalized spacial score (nSPS) is 21.9. The second-order valence-electron chi connectivity index (χ2n) is 10.4. The van der Waals surface area contributed by atoms with Crippen LogP contribution in [0.25, 0.3) is 0 Å². The molecule has 0 N–H and O–H groups in total. The number of allylic oxidation sites excluding steroid dienone is 2. The molecular weight excluding hydrogens is 474 g/mol. The quantitative estimate of drug-likeness (QED) is 0.382. The van der Waals surface area contributed by atoms with Crippen molar-refractivity contribution in [2.75, 3.05) is 6.61 Å². The first kappa shape index (κ1) is 26.2. The van der Waals surface area contributed by atoms with Gasteiger partial charge in [-0.05, 0) is 62.8 Å². The number of Topliss-reactive ketones (excluding diaryl/α,β-unsaturated/α-hetero) is 1. The average molecular weight is 508 g/mol. The van der Waals surface area contributed by atoms with E-state index < -0.39 is 11.8 Å². The minimum atomic E-state index is -0.685. The summed E-state index contributed by atoms with van der Waals surface area (Å²) >= 11 is 6.08. The van der Waals surface area contributed by atoms with Crippen LogP contribution in [0.2, 0.25) is 5.02 Å². The molecule has 5 nitrogen and oxygen atoms in total. The molecule has 0 spiro atoms. The van der Waals surface area contributed by atoms with E-state index in [1.54, 1.807) is 0 Å². The number of rotatable bonds is 7. The van der Waals surface area contributed by atoms with Gasteiger partial charge in [-0.1, -0.05) is 55.8 Å². The summed E-state index contributed by atoms with van der Waals surface area (Å²) in [4.78, 5) is 32.1. The summed E-state index contributed by atoms with van der Waals surface area (Å²) in [6.07, 6.45) is 0.921. The molecule has 2 aromatic rings. The molecule has 1 unspecified atom stereocenters. The first-order valence-electron chi connectivity index (χ1n) is 12.6. The molecule has 3 atom stereocenters. The van der Waals surface area contributed by atoms with Crippen molar-refractivity contribution in [3.63, 3.8) is 0 Å². The molecule has 0 radical (unpaired) electrons. The van der Waals surface area contributed by atoms with Crippen LogP contribution < -0.4 is 4.74 Å². The zero-order chi connectivity index (χ0) is 26.0. The van der Waals surface area contributed by atoms with E-state index in [1.165, 1.54) is 0 Å². The number of carbonyl (C=O) groups excluding carboxylic acids is 2. The van der Waals surface area contributed by atoms with Crippen molar-refractivity contribution in [2.24, 2.45) is 16.8 Å². The lowest BCUT2D eigenvalue weighted by Crippen LogP contribution is -2.38. The summed E-state index contributed by atoms with van der Waals surface area (Å²) in [5, 5.41) is 0.664. The highest BCUT2D eigenvalue weighted by Gasteiger charge is 2.45. The Morgan fingerprint density at radius 1 is 1.06 bits per heavy atom. The van der Waals surface area contributed by atoms with Gasteiger partial charge in [0.2, 0.25) is 0 Å². The summed E-state index contributed by atoms with van der Waals surface area (Å²) in [5.41, 5.74) is 3.90. The molecule has 2 aliphatic rings. The first-order valence-corrected chi connectivity index (χ1v) is 13.0. The van der Waals surface area contributed by atoms with Crippen LogP contribution in [0.5, 0.6) is 5.75 Å². The van der Waals surface area contributed by atoms with Gasteiger partial charge in [-0.2, -0.15) is 0 Å². The number of carbonyl (C=O) groups is 2. The van der Waals surface area contributed by atoms with Crippen LogP contribution in [0.15, 0.2) is 64.8 Å². The molecule has 1 heterocycles. The Morgan fingerprint density at radius 3 is 2.42 bits per heavy atom. The summed E-state index contributed by atoms with van der Waals surface area (Å²) in [6, 6.07) is 15.3. The van der Waals surface area contributed by atoms with Gasteiger partial charge in [0.05, 0.1) is 12.7 Å². The van der Waals surface area contributed by atoms with E-state index in [2.05, 4.69) is 0 Å². The molecule has 1 aliphatic carbocycles. The maximum atomic E-state index is 13.8. The van der Waals surface area contributed by atoms with Gasteiger partial charge in [-0.25, -0.2) is 0 Å². The fourth-order valence-electron chi connectivity index (χ4n) is 5.11. The van der Waals surface area contributed by atoms with Crippen molar-refractivity contribution >= 4 is 29.1 Å². The smallest absolute Gasteiger partial charge is 0.315 e. The monoisotopic (exact) mass is 507 g/mol. The predicted molar refractivity (Wildman–Crippen MR) is 143 cm³/mol. The lowest BCUT2D eigenvalue weighted by molar-refractivity contribution is -0.147. The molecule has 6 heteroatoms. The molecule has 0 saturated heterocycles. The van der Waals surface area contributed by atoms with Gasteiger partial charge < -0.3 is 9.47 Å². The number of hydrogen-bond donors (Lipinski definition) is 0. The number of halogens is 1. The van der Waals surface area contributed by atoms with Crippen LogP contribution >= 0.6 is 11.6 Å². The predicted octanol–water partition coefficient (Wildman–Crippen LogP) is 6.90. The second kappa shape index (κ2) is 11.0. The summed E-state index contributed by atoms with van der Waals surface area (Å²) in [5.74, 6) is -0.644. The standard InChI is InChI=1S/C30H34ClNO4/c1-17(2)16-35-30(34)27-19(5)32-24-14-21(20-10-12-22(31)13-11-20)15-25(33)29(24)28(27)23-8-6-7-9-26(23)36-18(3)4/h6-13,17-18,21,27-28H,14-16H2,1-5H3/t21-,27?,28-/m0/s1. The maximum absolute atomic E-state index is 13.8. The summed E-state index contributed by atoms with van der Waals surface area (Å²) < 4.78 is 11.8. The number of nitrogens with zero attached hydrogens (tertiary/aromatic N) is 1. The van der Waals surface area contributed by atoms with Crippen molar-refractivity contribution in [1.82, 2.24) is 0 Å². The third kappa shape index (κ3) is 5.57. The molecule has 0 aromatic heterocycles. The van der Waals surface area contributed by atoms with Crippen LogP contribution in [0.3, 0.4) is 0 Å². The SMILES string of the molecule is CC1=NC2=C(C(=O)C[C@@H](c3ccc(Cl)cc3)C2)[C@@H](c2ccccc2OC(C)C)C1C(=O)OCC(C)C. The minimum absolute atomic E-state index is 0.0114. The van der Waals surface area contributed by atoms with Gasteiger partial charge in [-0.15, -0.1) is 0 Å². The van der Waals surface area contributed by atoms with Gasteiger partial charge in [0.25, 0.3) is 0 Å². The number of hydrogen-bond acceptors (Lipinski definition) is 5. The largest absolute Gasteiger partial charge is 0.491 e. The van der Waals surface area contributed by atoms with E-state index in [-0.39, 0.29) is 29.7 Å². The van der Waals surface area contributed by atoms with E-state index >= 15 is 0 Å². The molecular formula is C30H34ClNO4. The highest BCUT2D eigenvalue weighted by Crippen LogP contribution is 2.48. The van der Waals surface area contributed by atoms with Crippen molar-refractivity contribution in [1.29, 1.82) is 0 Å². The molecule has 2 aromatic carbocycles. The molecule has 4 rings (SSSR count). The van der Waals surface area contributed by atoms with Crippen LogP contribution in [0.1, 0.15) is 70.4 Å². The number of para-hydroxylation sites is 1. The number of ether oxygens (including phenoxy) is 2. The van der Waals surface area contributed by atoms with Gasteiger partial charge in [-0.3, -0.25) is 14.6 Å². The molecule has 36 heavy (non-hydrogen) atoms. The highest BCUT2D eigenvalue weighted by atomic mass is 35.5. The topological polar surface area (TPSA) is 65.0 Å². The Hall–Kier alpha value is -2.92. The number of benzene rings is 2. The molecule has 0 bridgehead atoms. The van der Waals surface area contributed by atoms with Crippen LogP contribution in [0, 0.1) is 11.8 Å². The minimum Gasteiger partial charge on any atom is -0.491 e. The van der Waals surface area contributed by atoms with Crippen LogP contribution in [0.4, 0.5) is 0 Å². The van der Waals surface area contributed by atoms with Gasteiger partial charge in [0.15, 0.2) is 5.78 Å². The maximum Gasteiger partial charge on any atom is 0.315 e. The molecule has 0 saturated carbocycles. The van der Waals surface area contributed by atoms with Gasteiger partial charge in [0.1, 0.15) is 11.7 Å². The van der Waals surface area contributed by atoms with E-state index in [0.29, 0.717) is 41.5 Å². The van der Waals surface area contributed by atoms with Crippen LogP contribution in [-0.4, -0.2) is 30.2 Å². The lowest BCUT2D eigenvalue weighted by atomic mass is 9.69. The average Bonchev–Trinajstić information content (AvgIpc) is 2.82. The Kier molecular flexibility index (Phi) is 7.99. The molecule has 1 aliphatic heterocycles. The van der Waals surface area contributed by atoms with E-state index in [4.69, 9.17) is 26.1 Å². The Bertz CT molecular complexity index is 1200. The van der Waals surface area contributed by atoms with Gasteiger partial charge >= 0.3 is 5.97 Å². The Labute approximate surface area is 218 Å².